The summed E-state index contributed by atoms with van der Waals surface area (Å²) in [4.78, 5) is 2.19. The third-order valence-corrected chi connectivity index (χ3v) is 7.46. The normalized spacial score (nSPS) is 14.5. The second-order valence-corrected chi connectivity index (χ2v) is 9.34. The smallest absolute Gasteiger partial charge is 0.181 e. The van der Waals surface area contributed by atoms with Crippen LogP contribution in [0.1, 0.15) is 12.5 Å². The van der Waals surface area contributed by atoms with Gasteiger partial charge in [-0.15, -0.1) is 22.7 Å². The molecule has 23 heavy (non-hydrogen) atoms. The van der Waals surface area contributed by atoms with E-state index in [-0.39, 0.29) is 10.6 Å². The molecule has 0 bridgehead atoms. The molecule has 1 N–H and O–H groups in total. The molecule has 0 amide bonds. The molecule has 120 valence electrons. The Morgan fingerprint density at radius 1 is 1.00 bits per heavy atom. The van der Waals surface area contributed by atoms with Crippen LogP contribution in [-0.2, 0) is 15.4 Å². The van der Waals surface area contributed by atoms with Crippen molar-refractivity contribution in [3.63, 3.8) is 0 Å². The zero-order chi connectivity index (χ0) is 16.5. The Bertz CT molecular complexity index is 876. The zero-order valence-electron chi connectivity index (χ0n) is 12.5. The molecule has 6 heteroatoms. The van der Waals surface area contributed by atoms with Crippen LogP contribution in [0.25, 0.3) is 9.75 Å². The van der Waals surface area contributed by atoms with E-state index < -0.39 is 15.4 Å². The van der Waals surface area contributed by atoms with E-state index in [4.69, 9.17) is 0 Å². The number of benzene rings is 1. The Kier molecular flexibility index (Phi) is 4.42. The van der Waals surface area contributed by atoms with Crippen molar-refractivity contribution in [3.05, 3.63) is 64.9 Å². The predicted molar refractivity (Wildman–Crippen MR) is 95.7 cm³/mol. The van der Waals surface area contributed by atoms with Crippen molar-refractivity contribution in [1.82, 2.24) is 0 Å². The number of hydrogen-bond acceptors (Lipinski definition) is 5. The fourth-order valence-corrected chi connectivity index (χ4v) is 6.03. The lowest BCUT2D eigenvalue weighted by atomic mass is 9.98. The van der Waals surface area contributed by atoms with E-state index in [0.29, 0.717) is 5.56 Å². The number of hydrogen-bond donors (Lipinski definition) is 1. The minimum absolute atomic E-state index is 0.230. The average molecular weight is 365 g/mol. The van der Waals surface area contributed by atoms with Crippen molar-refractivity contribution in [3.8, 4) is 9.75 Å². The fourth-order valence-electron chi connectivity index (χ4n) is 2.49. The summed E-state index contributed by atoms with van der Waals surface area (Å²) >= 11 is 3.09. The first-order valence-corrected chi connectivity index (χ1v) is 10.4. The Labute approximate surface area is 143 Å². The van der Waals surface area contributed by atoms with Crippen LogP contribution in [0.5, 0.6) is 0 Å². The van der Waals surface area contributed by atoms with Gasteiger partial charge in [0.2, 0.25) is 0 Å². The minimum Gasteiger partial charge on any atom is -0.384 e. The van der Waals surface area contributed by atoms with E-state index in [1.807, 2.05) is 22.9 Å². The Morgan fingerprint density at radius 3 is 2.39 bits per heavy atom. The molecule has 3 rings (SSSR count). The van der Waals surface area contributed by atoms with Gasteiger partial charge in [0.15, 0.2) is 9.84 Å². The van der Waals surface area contributed by atoms with Gasteiger partial charge in [-0.2, -0.15) is 0 Å². The van der Waals surface area contributed by atoms with Crippen molar-refractivity contribution in [2.75, 3.05) is 5.75 Å². The molecule has 0 aliphatic rings. The number of aliphatic hydroxyl groups is 1. The molecule has 0 aliphatic heterocycles. The molecular formula is C17H16O3S3. The highest BCUT2D eigenvalue weighted by Gasteiger charge is 2.34. The Morgan fingerprint density at radius 2 is 1.74 bits per heavy atom. The lowest BCUT2D eigenvalue weighted by molar-refractivity contribution is 0.0830. The van der Waals surface area contributed by atoms with Gasteiger partial charge in [0.1, 0.15) is 5.60 Å². The van der Waals surface area contributed by atoms with E-state index in [1.165, 1.54) is 11.3 Å². The third-order valence-electron chi connectivity index (χ3n) is 3.56. The highest BCUT2D eigenvalue weighted by Crippen LogP contribution is 2.39. The number of thiophene rings is 2. The van der Waals surface area contributed by atoms with Crippen LogP contribution in [0, 0.1) is 0 Å². The van der Waals surface area contributed by atoms with Crippen LogP contribution in [0.3, 0.4) is 0 Å². The monoisotopic (exact) mass is 364 g/mol. The summed E-state index contributed by atoms with van der Waals surface area (Å²) in [5.74, 6) is -0.348. The molecule has 1 aromatic carbocycles. The summed E-state index contributed by atoms with van der Waals surface area (Å²) in [6.07, 6.45) is 0. The highest BCUT2D eigenvalue weighted by atomic mass is 32.2. The topological polar surface area (TPSA) is 54.4 Å². The summed E-state index contributed by atoms with van der Waals surface area (Å²) < 4.78 is 25.2. The minimum atomic E-state index is -3.57. The molecular weight excluding hydrogens is 348 g/mol. The molecule has 0 aliphatic carbocycles. The van der Waals surface area contributed by atoms with Crippen LogP contribution in [0.2, 0.25) is 0 Å². The van der Waals surface area contributed by atoms with Gasteiger partial charge >= 0.3 is 0 Å². The first-order chi connectivity index (χ1) is 10.9. The van der Waals surface area contributed by atoms with Crippen molar-refractivity contribution < 1.29 is 13.5 Å². The van der Waals surface area contributed by atoms with Gasteiger partial charge in [-0.1, -0.05) is 24.3 Å². The van der Waals surface area contributed by atoms with E-state index in [1.54, 1.807) is 54.7 Å². The third kappa shape index (κ3) is 3.40. The summed E-state index contributed by atoms with van der Waals surface area (Å²) in [7, 11) is -3.57. The van der Waals surface area contributed by atoms with Crippen molar-refractivity contribution in [1.29, 1.82) is 0 Å². The van der Waals surface area contributed by atoms with Gasteiger partial charge in [0.25, 0.3) is 0 Å². The second-order valence-electron chi connectivity index (χ2n) is 5.49. The lowest BCUT2D eigenvalue weighted by Gasteiger charge is -2.24. The molecule has 0 spiro atoms. The van der Waals surface area contributed by atoms with Crippen LogP contribution in [0.4, 0.5) is 0 Å². The zero-order valence-corrected chi connectivity index (χ0v) is 14.9. The molecule has 0 saturated carbocycles. The molecule has 0 fully saturated rings. The Hall–Kier alpha value is -1.47. The first-order valence-electron chi connectivity index (χ1n) is 7.02. The molecule has 1 unspecified atom stereocenters. The maximum absolute atomic E-state index is 12.6. The van der Waals surface area contributed by atoms with Gasteiger partial charge < -0.3 is 5.11 Å². The van der Waals surface area contributed by atoms with E-state index >= 15 is 0 Å². The SMILES string of the molecule is CC(O)(CS(=O)(=O)c1ccccc1)c1ccsc1-c1cccs1. The molecule has 3 nitrogen and oxygen atoms in total. The maximum atomic E-state index is 12.6. The van der Waals surface area contributed by atoms with E-state index in [2.05, 4.69) is 0 Å². The molecule has 1 atom stereocenters. The molecule has 0 radical (unpaired) electrons. The number of sulfone groups is 1. The van der Waals surface area contributed by atoms with Crippen LogP contribution >= 0.6 is 22.7 Å². The summed E-state index contributed by atoms with van der Waals surface area (Å²) in [6.45, 7) is 1.56. The predicted octanol–water partition coefficient (Wildman–Crippen LogP) is 4.16. The fraction of sp³-hybridized carbons (Fsp3) is 0.176. The number of rotatable bonds is 5. The lowest BCUT2D eigenvalue weighted by Crippen LogP contribution is -2.31. The molecule has 3 aromatic rings. The first kappa shape index (κ1) is 16.4. The molecule has 2 aromatic heterocycles. The van der Waals surface area contributed by atoms with Crippen LogP contribution in [-0.4, -0.2) is 19.3 Å². The quantitative estimate of drug-likeness (QED) is 0.740. The Balaban J connectivity index is 1.96. The van der Waals surface area contributed by atoms with Gasteiger partial charge in [0, 0.05) is 10.4 Å². The van der Waals surface area contributed by atoms with E-state index in [0.717, 1.165) is 9.75 Å². The summed E-state index contributed by atoms with van der Waals surface area (Å²) in [5.41, 5.74) is -0.793. The highest BCUT2D eigenvalue weighted by molar-refractivity contribution is 7.91. The second kappa shape index (κ2) is 6.20. The summed E-state index contributed by atoms with van der Waals surface area (Å²) in [5, 5.41) is 14.7. The summed E-state index contributed by atoms with van der Waals surface area (Å²) in [6, 6.07) is 14.0. The van der Waals surface area contributed by atoms with Gasteiger partial charge in [0.05, 0.1) is 15.5 Å². The molecule has 2 heterocycles. The van der Waals surface area contributed by atoms with Crippen LogP contribution < -0.4 is 0 Å². The van der Waals surface area contributed by atoms with Crippen molar-refractivity contribution in [2.45, 2.75) is 17.4 Å². The van der Waals surface area contributed by atoms with Gasteiger partial charge in [-0.3, -0.25) is 0 Å². The average Bonchev–Trinajstić information content (AvgIpc) is 3.18. The maximum Gasteiger partial charge on any atom is 0.181 e. The van der Waals surface area contributed by atoms with E-state index in [9.17, 15) is 13.5 Å². The largest absolute Gasteiger partial charge is 0.384 e. The van der Waals surface area contributed by atoms with Crippen molar-refractivity contribution >= 4 is 32.5 Å². The van der Waals surface area contributed by atoms with Crippen molar-refractivity contribution in [2.24, 2.45) is 0 Å². The van der Waals surface area contributed by atoms with Gasteiger partial charge in [-0.05, 0) is 41.9 Å². The van der Waals surface area contributed by atoms with Gasteiger partial charge in [-0.25, -0.2) is 8.42 Å². The molecule has 0 saturated heterocycles. The standard InChI is InChI=1S/C17H16O3S3/c1-17(18,12-23(19,20)13-6-3-2-4-7-13)14-9-11-22-16(14)15-8-5-10-21-15/h2-11,18H,12H2,1H3. The van der Waals surface area contributed by atoms with Crippen LogP contribution in [0.15, 0.2) is 64.2 Å².